The molecule has 0 N–H and O–H groups in total. The topological polar surface area (TPSA) is 64.7 Å². The molecule has 2 heterocycles. The van der Waals surface area contributed by atoms with Crippen LogP contribution in [0, 0.1) is 0 Å². The predicted molar refractivity (Wildman–Crippen MR) is 58.6 cm³/mol. The monoisotopic (exact) mass is 230 g/mol. The van der Waals surface area contributed by atoms with Gasteiger partial charge in [-0.1, -0.05) is 40.0 Å². The Morgan fingerprint density at radius 1 is 1.12 bits per heavy atom. The second-order valence-electron chi connectivity index (χ2n) is 3.08. The van der Waals surface area contributed by atoms with E-state index in [1.165, 1.54) is 11.5 Å². The molecule has 6 heteroatoms. The summed E-state index contributed by atoms with van der Waals surface area (Å²) < 4.78 is 8.85. The lowest BCUT2D eigenvalue weighted by Gasteiger charge is -1.89. The third kappa shape index (κ3) is 1.59. The largest absolute Gasteiger partial charge is 0.332 e. The van der Waals surface area contributed by atoms with Crippen LogP contribution in [0.4, 0.5) is 0 Å². The Kier molecular flexibility index (Phi) is 2.19. The van der Waals surface area contributed by atoms with Crippen molar-refractivity contribution in [1.29, 1.82) is 0 Å². The maximum atomic E-state index is 5.11. The van der Waals surface area contributed by atoms with Gasteiger partial charge >= 0.3 is 0 Å². The molecule has 0 fully saturated rings. The van der Waals surface area contributed by atoms with Crippen molar-refractivity contribution in [2.75, 3.05) is 0 Å². The van der Waals surface area contributed by atoms with E-state index >= 15 is 0 Å². The molecule has 0 spiro atoms. The van der Waals surface area contributed by atoms with Gasteiger partial charge in [0.15, 0.2) is 5.69 Å². The summed E-state index contributed by atoms with van der Waals surface area (Å²) in [5.41, 5.74) is 1.53. The highest BCUT2D eigenvalue weighted by Crippen LogP contribution is 2.20. The molecule has 0 unspecified atom stereocenters. The van der Waals surface area contributed by atoms with Crippen LogP contribution in [0.25, 0.3) is 23.0 Å². The van der Waals surface area contributed by atoms with E-state index in [0.29, 0.717) is 17.4 Å². The first-order valence-corrected chi connectivity index (χ1v) is 5.44. The fraction of sp³-hybridized carbons (Fsp3) is 0. The predicted octanol–water partition coefficient (Wildman–Crippen LogP) is 2.26. The standard InChI is InChI=1S/C10H6N4OS/c1-2-4-7(5-3-1)9-11-10(15-13-9)8-6-16-14-12-8/h1-6H. The van der Waals surface area contributed by atoms with Crippen LogP contribution in [0.1, 0.15) is 0 Å². The van der Waals surface area contributed by atoms with Crippen molar-refractivity contribution in [1.82, 2.24) is 19.7 Å². The smallest absolute Gasteiger partial charge is 0.279 e. The molecule has 0 saturated carbocycles. The van der Waals surface area contributed by atoms with E-state index in [0.717, 1.165) is 5.56 Å². The van der Waals surface area contributed by atoms with Gasteiger partial charge in [-0.2, -0.15) is 4.98 Å². The summed E-state index contributed by atoms with van der Waals surface area (Å²) in [6, 6.07) is 9.64. The van der Waals surface area contributed by atoms with Crippen LogP contribution in [0.5, 0.6) is 0 Å². The zero-order valence-electron chi connectivity index (χ0n) is 8.07. The molecular weight excluding hydrogens is 224 g/mol. The van der Waals surface area contributed by atoms with E-state index in [1.807, 2.05) is 30.3 Å². The van der Waals surface area contributed by atoms with Crippen LogP contribution in [-0.4, -0.2) is 19.7 Å². The normalized spacial score (nSPS) is 10.5. The zero-order valence-corrected chi connectivity index (χ0v) is 8.89. The second-order valence-corrected chi connectivity index (χ2v) is 3.69. The van der Waals surface area contributed by atoms with Crippen LogP contribution in [0.15, 0.2) is 40.2 Å². The molecule has 0 aliphatic carbocycles. The molecule has 2 aromatic heterocycles. The van der Waals surface area contributed by atoms with Crippen molar-refractivity contribution < 1.29 is 4.52 Å². The van der Waals surface area contributed by atoms with Gasteiger partial charge in [-0.25, -0.2) is 0 Å². The quantitative estimate of drug-likeness (QED) is 0.675. The number of aromatic nitrogens is 4. The number of hydrogen-bond donors (Lipinski definition) is 0. The average molecular weight is 230 g/mol. The number of hydrogen-bond acceptors (Lipinski definition) is 6. The van der Waals surface area contributed by atoms with E-state index < -0.39 is 0 Å². The van der Waals surface area contributed by atoms with E-state index in [9.17, 15) is 0 Å². The van der Waals surface area contributed by atoms with Gasteiger partial charge in [0.1, 0.15) is 0 Å². The molecule has 3 aromatic rings. The van der Waals surface area contributed by atoms with Crippen molar-refractivity contribution in [2.24, 2.45) is 0 Å². The molecule has 0 saturated heterocycles. The number of nitrogens with zero attached hydrogens (tertiary/aromatic N) is 4. The Labute approximate surface area is 94.9 Å². The van der Waals surface area contributed by atoms with Gasteiger partial charge in [-0.3, -0.25) is 0 Å². The first-order valence-electron chi connectivity index (χ1n) is 4.60. The molecule has 0 aliphatic heterocycles. The molecule has 0 amide bonds. The van der Waals surface area contributed by atoms with Gasteiger partial charge < -0.3 is 4.52 Å². The molecular formula is C10H6N4OS. The van der Waals surface area contributed by atoms with Gasteiger partial charge in [0.25, 0.3) is 5.89 Å². The summed E-state index contributed by atoms with van der Waals surface area (Å²) in [5.74, 6) is 0.955. The van der Waals surface area contributed by atoms with Crippen LogP contribution < -0.4 is 0 Å². The van der Waals surface area contributed by atoms with Crippen molar-refractivity contribution in [3.8, 4) is 23.0 Å². The lowest BCUT2D eigenvalue weighted by atomic mass is 10.2. The van der Waals surface area contributed by atoms with E-state index in [1.54, 1.807) is 5.38 Å². The summed E-state index contributed by atoms with van der Waals surface area (Å²) in [5, 5.41) is 9.53. The molecule has 3 rings (SSSR count). The lowest BCUT2D eigenvalue weighted by molar-refractivity contribution is 0.431. The SMILES string of the molecule is c1ccc(-c2noc(-c3csnn3)n2)cc1. The highest BCUT2D eigenvalue weighted by atomic mass is 32.1. The fourth-order valence-corrected chi connectivity index (χ4v) is 1.72. The Morgan fingerprint density at radius 2 is 2.00 bits per heavy atom. The number of benzene rings is 1. The van der Waals surface area contributed by atoms with Crippen LogP contribution in [0.3, 0.4) is 0 Å². The molecule has 16 heavy (non-hydrogen) atoms. The third-order valence-corrected chi connectivity index (χ3v) is 2.54. The van der Waals surface area contributed by atoms with Gasteiger partial charge in [0.05, 0.1) is 0 Å². The highest BCUT2D eigenvalue weighted by molar-refractivity contribution is 7.03. The fourth-order valence-electron chi connectivity index (χ4n) is 1.29. The first kappa shape index (κ1) is 9.17. The minimum absolute atomic E-state index is 0.396. The lowest BCUT2D eigenvalue weighted by Crippen LogP contribution is -1.80. The summed E-state index contributed by atoms with van der Waals surface area (Å²) in [6.45, 7) is 0. The molecule has 0 radical (unpaired) electrons. The van der Waals surface area contributed by atoms with Gasteiger partial charge in [0.2, 0.25) is 5.82 Å². The second kappa shape index (κ2) is 3.82. The van der Waals surface area contributed by atoms with Crippen LogP contribution in [0.2, 0.25) is 0 Å². The Hall–Kier alpha value is -2.08. The molecule has 0 atom stereocenters. The molecule has 78 valence electrons. The molecule has 0 aliphatic rings. The third-order valence-electron chi connectivity index (χ3n) is 2.04. The van der Waals surface area contributed by atoms with E-state index in [2.05, 4.69) is 19.7 Å². The van der Waals surface area contributed by atoms with Crippen LogP contribution >= 0.6 is 11.5 Å². The van der Waals surface area contributed by atoms with Gasteiger partial charge in [0, 0.05) is 10.9 Å². The zero-order chi connectivity index (χ0) is 10.8. The van der Waals surface area contributed by atoms with Crippen molar-refractivity contribution in [3.05, 3.63) is 35.7 Å². The van der Waals surface area contributed by atoms with Crippen molar-refractivity contribution in [3.63, 3.8) is 0 Å². The average Bonchev–Trinajstić information content (AvgIpc) is 3.01. The summed E-state index contributed by atoms with van der Waals surface area (Å²) in [7, 11) is 0. The maximum Gasteiger partial charge on any atom is 0.279 e. The number of rotatable bonds is 2. The summed E-state index contributed by atoms with van der Waals surface area (Å²) in [4.78, 5) is 4.25. The summed E-state index contributed by atoms with van der Waals surface area (Å²) in [6.07, 6.45) is 0. The minimum atomic E-state index is 0.396. The Bertz CT molecular complexity index is 576. The summed E-state index contributed by atoms with van der Waals surface area (Å²) >= 11 is 1.25. The highest BCUT2D eigenvalue weighted by Gasteiger charge is 2.11. The molecule has 0 bridgehead atoms. The van der Waals surface area contributed by atoms with E-state index in [-0.39, 0.29) is 0 Å². The van der Waals surface area contributed by atoms with Crippen molar-refractivity contribution in [2.45, 2.75) is 0 Å². The first-order chi connectivity index (χ1) is 7.93. The maximum absolute atomic E-state index is 5.11. The Balaban J connectivity index is 2.00. The molecule has 5 nitrogen and oxygen atoms in total. The Morgan fingerprint density at radius 3 is 2.75 bits per heavy atom. The van der Waals surface area contributed by atoms with Crippen molar-refractivity contribution >= 4 is 11.5 Å². The van der Waals surface area contributed by atoms with Gasteiger partial charge in [-0.15, -0.1) is 5.10 Å². The van der Waals surface area contributed by atoms with Gasteiger partial charge in [-0.05, 0) is 11.5 Å². The molecule has 1 aromatic carbocycles. The van der Waals surface area contributed by atoms with E-state index in [4.69, 9.17) is 4.52 Å². The van der Waals surface area contributed by atoms with Crippen LogP contribution in [-0.2, 0) is 0 Å². The minimum Gasteiger partial charge on any atom is -0.332 e.